The van der Waals surface area contributed by atoms with Crippen molar-refractivity contribution in [3.8, 4) is 0 Å². The second kappa shape index (κ2) is 4.01. The van der Waals surface area contributed by atoms with Gasteiger partial charge in [-0.2, -0.15) is 13.2 Å². The highest BCUT2D eigenvalue weighted by atomic mass is 32.1. The van der Waals surface area contributed by atoms with Gasteiger partial charge in [0.2, 0.25) is 16.0 Å². The first-order chi connectivity index (χ1) is 6.80. The number of carbonyl (C=O) groups excluding carboxylic acids is 1. The van der Waals surface area contributed by atoms with Gasteiger partial charge in [-0.1, -0.05) is 11.3 Å². The summed E-state index contributed by atoms with van der Waals surface area (Å²) >= 11 is 0.361. The van der Waals surface area contributed by atoms with Crippen LogP contribution in [0.5, 0.6) is 0 Å². The van der Waals surface area contributed by atoms with Crippen LogP contribution in [0, 0.1) is 0 Å². The summed E-state index contributed by atoms with van der Waals surface area (Å²) in [6, 6.07) is 0. The molecule has 0 aliphatic rings. The fourth-order valence-electron chi connectivity index (χ4n) is 0.786. The van der Waals surface area contributed by atoms with Crippen molar-refractivity contribution in [1.82, 2.24) is 10.2 Å². The van der Waals surface area contributed by atoms with Crippen LogP contribution in [0.25, 0.3) is 0 Å². The molecule has 0 aliphatic carbocycles. The van der Waals surface area contributed by atoms with Crippen LogP contribution in [0.15, 0.2) is 0 Å². The van der Waals surface area contributed by atoms with Crippen LogP contribution in [-0.2, 0) is 11.0 Å². The number of nitrogens with zero attached hydrogens (tertiary/aromatic N) is 3. The van der Waals surface area contributed by atoms with E-state index < -0.39 is 17.1 Å². The number of amides is 1. The Hall–Kier alpha value is -1.38. The van der Waals surface area contributed by atoms with Crippen molar-refractivity contribution < 1.29 is 18.0 Å². The van der Waals surface area contributed by atoms with E-state index in [1.54, 1.807) is 0 Å². The molecule has 0 fully saturated rings. The Balaban J connectivity index is 2.80. The van der Waals surface area contributed by atoms with Gasteiger partial charge in [-0.15, -0.1) is 10.2 Å². The van der Waals surface area contributed by atoms with Crippen molar-refractivity contribution in [2.45, 2.75) is 6.18 Å². The molecule has 84 valence electrons. The third-order valence-corrected chi connectivity index (χ3v) is 2.46. The Labute approximate surface area is 86.7 Å². The monoisotopic (exact) mass is 240 g/mol. The Bertz CT molecular complexity index is 364. The quantitative estimate of drug-likeness (QED) is 0.834. The molecule has 1 aromatic rings. The molecule has 0 saturated heterocycles. The molecule has 5 nitrogen and oxygen atoms in total. The van der Waals surface area contributed by atoms with Crippen LogP contribution < -0.4 is 10.6 Å². The summed E-state index contributed by atoms with van der Waals surface area (Å²) in [4.78, 5) is 11.7. The first kappa shape index (κ1) is 11.7. The highest BCUT2D eigenvalue weighted by molar-refractivity contribution is 7.15. The van der Waals surface area contributed by atoms with Crippen LogP contribution in [0.4, 0.5) is 18.3 Å². The van der Waals surface area contributed by atoms with E-state index >= 15 is 0 Å². The Morgan fingerprint density at radius 1 is 1.53 bits per heavy atom. The van der Waals surface area contributed by atoms with E-state index in [9.17, 15) is 18.0 Å². The average molecular weight is 240 g/mol. The van der Waals surface area contributed by atoms with E-state index in [1.165, 1.54) is 11.9 Å². The molecule has 0 radical (unpaired) electrons. The zero-order chi connectivity index (χ0) is 11.6. The second-order valence-electron chi connectivity index (χ2n) is 2.71. The summed E-state index contributed by atoms with van der Waals surface area (Å²) in [5.41, 5.74) is 4.88. The number of carbonyl (C=O) groups is 1. The zero-order valence-electron chi connectivity index (χ0n) is 7.58. The van der Waals surface area contributed by atoms with Crippen LogP contribution in [0.3, 0.4) is 0 Å². The van der Waals surface area contributed by atoms with Gasteiger partial charge in [0.15, 0.2) is 0 Å². The van der Waals surface area contributed by atoms with Crippen molar-refractivity contribution in [2.24, 2.45) is 5.73 Å². The van der Waals surface area contributed by atoms with Crippen LogP contribution in [-0.4, -0.2) is 29.7 Å². The number of rotatable bonds is 3. The molecule has 0 saturated carbocycles. The molecule has 1 rings (SSSR count). The number of anilines is 1. The standard InChI is InChI=1S/C6H7F3N4OS/c1-13(2-3(10)14)5-12-11-4(15-5)6(7,8)9/h2H2,1H3,(H2,10,14). The van der Waals surface area contributed by atoms with E-state index in [2.05, 4.69) is 10.2 Å². The van der Waals surface area contributed by atoms with Crippen molar-refractivity contribution >= 4 is 22.4 Å². The second-order valence-corrected chi connectivity index (χ2v) is 3.67. The van der Waals surface area contributed by atoms with Crippen LogP contribution >= 0.6 is 11.3 Å². The molecule has 1 aromatic heterocycles. The van der Waals surface area contributed by atoms with E-state index in [4.69, 9.17) is 5.73 Å². The van der Waals surface area contributed by atoms with Crippen molar-refractivity contribution in [3.05, 3.63) is 5.01 Å². The van der Waals surface area contributed by atoms with Crippen LogP contribution in [0.2, 0.25) is 0 Å². The number of halogens is 3. The SMILES string of the molecule is CN(CC(N)=O)c1nnc(C(F)(F)F)s1. The lowest BCUT2D eigenvalue weighted by Crippen LogP contribution is -2.30. The molecular weight excluding hydrogens is 233 g/mol. The van der Waals surface area contributed by atoms with Crippen molar-refractivity contribution in [3.63, 3.8) is 0 Å². The molecule has 0 unspecified atom stereocenters. The van der Waals surface area contributed by atoms with Gasteiger partial charge in [-0.25, -0.2) is 0 Å². The first-order valence-corrected chi connectivity index (χ1v) is 4.52. The molecule has 2 N–H and O–H groups in total. The fraction of sp³-hybridized carbons (Fsp3) is 0.500. The minimum atomic E-state index is -4.51. The first-order valence-electron chi connectivity index (χ1n) is 3.71. The summed E-state index contributed by atoms with van der Waals surface area (Å²) < 4.78 is 36.4. The van der Waals surface area contributed by atoms with Crippen molar-refractivity contribution in [2.75, 3.05) is 18.5 Å². The summed E-state index contributed by atoms with van der Waals surface area (Å²) in [6.07, 6.45) is -4.51. The summed E-state index contributed by atoms with van der Waals surface area (Å²) in [6.45, 7) is -0.202. The summed E-state index contributed by atoms with van der Waals surface area (Å²) in [5, 5.41) is 5.22. The normalized spacial score (nSPS) is 11.5. The minimum Gasteiger partial charge on any atom is -0.368 e. The number of primary amides is 1. The molecule has 9 heteroatoms. The number of aromatic nitrogens is 2. The molecule has 15 heavy (non-hydrogen) atoms. The maximum absolute atomic E-state index is 12.1. The van der Waals surface area contributed by atoms with Gasteiger partial charge in [0.25, 0.3) is 0 Å². The number of alkyl halides is 3. The topological polar surface area (TPSA) is 72.1 Å². The third-order valence-electron chi connectivity index (χ3n) is 1.38. The number of hydrogen-bond donors (Lipinski definition) is 1. The average Bonchev–Trinajstić information content (AvgIpc) is 2.48. The van der Waals surface area contributed by atoms with E-state index in [1.807, 2.05) is 0 Å². The lowest BCUT2D eigenvalue weighted by atomic mass is 10.6. The smallest absolute Gasteiger partial charge is 0.368 e. The van der Waals surface area contributed by atoms with Crippen molar-refractivity contribution in [1.29, 1.82) is 0 Å². The van der Waals surface area contributed by atoms with Gasteiger partial charge >= 0.3 is 6.18 Å². The predicted molar refractivity (Wildman–Crippen MR) is 47.4 cm³/mol. The molecule has 0 atom stereocenters. The molecule has 0 aliphatic heterocycles. The molecule has 0 bridgehead atoms. The Morgan fingerprint density at radius 3 is 2.53 bits per heavy atom. The van der Waals surface area contributed by atoms with Gasteiger partial charge in [-0.3, -0.25) is 4.79 Å². The van der Waals surface area contributed by atoms with Gasteiger partial charge in [-0.05, 0) is 0 Å². The minimum absolute atomic E-state index is 0.00104. The maximum atomic E-state index is 12.1. The molecule has 1 amide bonds. The fourth-order valence-corrected chi connectivity index (χ4v) is 1.46. The zero-order valence-corrected chi connectivity index (χ0v) is 8.39. The maximum Gasteiger partial charge on any atom is 0.445 e. The highest BCUT2D eigenvalue weighted by Crippen LogP contribution is 2.33. The molecular formula is C6H7F3N4OS. The van der Waals surface area contributed by atoms with Gasteiger partial charge in [0.1, 0.15) is 0 Å². The predicted octanol–water partition coefficient (Wildman–Crippen LogP) is 0.478. The number of likely N-dealkylation sites (N-methyl/N-ethyl adjacent to an activating group) is 1. The number of nitrogens with two attached hydrogens (primary N) is 1. The lowest BCUT2D eigenvalue weighted by molar-refractivity contribution is -0.138. The summed E-state index contributed by atoms with van der Waals surface area (Å²) in [7, 11) is 1.41. The lowest BCUT2D eigenvalue weighted by Gasteiger charge is -2.11. The summed E-state index contributed by atoms with van der Waals surface area (Å²) in [5.74, 6) is -0.652. The Morgan fingerprint density at radius 2 is 2.13 bits per heavy atom. The van der Waals surface area contributed by atoms with E-state index in [-0.39, 0.29) is 11.7 Å². The highest BCUT2D eigenvalue weighted by Gasteiger charge is 2.36. The van der Waals surface area contributed by atoms with Gasteiger partial charge in [0, 0.05) is 7.05 Å². The Kier molecular flexibility index (Phi) is 3.12. The largest absolute Gasteiger partial charge is 0.445 e. The van der Waals surface area contributed by atoms with Gasteiger partial charge in [0.05, 0.1) is 6.54 Å². The number of hydrogen-bond acceptors (Lipinski definition) is 5. The molecule has 0 aromatic carbocycles. The van der Waals surface area contributed by atoms with E-state index in [0.29, 0.717) is 11.3 Å². The van der Waals surface area contributed by atoms with Gasteiger partial charge < -0.3 is 10.6 Å². The third kappa shape index (κ3) is 3.05. The molecule has 0 spiro atoms. The van der Waals surface area contributed by atoms with Crippen LogP contribution in [0.1, 0.15) is 5.01 Å². The molecule has 1 heterocycles. The van der Waals surface area contributed by atoms with E-state index in [0.717, 1.165) is 0 Å².